The van der Waals surface area contributed by atoms with Crippen LogP contribution in [0.25, 0.3) is 0 Å². The topological polar surface area (TPSA) is 0 Å². The fourth-order valence-corrected chi connectivity index (χ4v) is 1.13. The molecule has 0 heterocycles. The minimum Gasteiger partial charge on any atom is -0.207 e. The van der Waals surface area contributed by atoms with E-state index in [1.54, 1.807) is 0 Å². The molecule has 0 saturated heterocycles. The number of hydrogen-bond acceptors (Lipinski definition) is 0. The monoisotopic (exact) mass is 164 g/mol. The lowest BCUT2D eigenvalue weighted by molar-refractivity contribution is -0.0287. The standard InChI is InChI=1S/C9H18F2/c1-4-5-6-9(10,11)7-8(2)3/h8H,4-7H2,1-3H3. The van der Waals surface area contributed by atoms with Gasteiger partial charge in [0, 0.05) is 12.8 Å². The molecule has 0 fully saturated rings. The molecule has 2 heteroatoms. The third-order valence-corrected chi connectivity index (χ3v) is 1.60. The van der Waals surface area contributed by atoms with Crippen LogP contribution in [0.5, 0.6) is 0 Å². The zero-order valence-electron chi connectivity index (χ0n) is 7.66. The molecule has 0 unspecified atom stereocenters. The summed E-state index contributed by atoms with van der Waals surface area (Å²) in [6.45, 7) is 5.60. The Balaban J connectivity index is 3.61. The molecule has 0 N–H and O–H groups in total. The Morgan fingerprint density at radius 1 is 1.27 bits per heavy atom. The molecule has 0 aliphatic rings. The summed E-state index contributed by atoms with van der Waals surface area (Å²) in [7, 11) is 0. The summed E-state index contributed by atoms with van der Waals surface area (Å²) >= 11 is 0. The molecule has 0 bridgehead atoms. The molecule has 0 aromatic carbocycles. The second-order valence-electron chi connectivity index (χ2n) is 3.56. The normalized spacial score (nSPS) is 12.5. The van der Waals surface area contributed by atoms with Gasteiger partial charge in [-0.1, -0.05) is 27.2 Å². The molecule has 0 aromatic heterocycles. The molecule has 11 heavy (non-hydrogen) atoms. The van der Waals surface area contributed by atoms with Crippen molar-refractivity contribution in [3.8, 4) is 0 Å². The lowest BCUT2D eigenvalue weighted by atomic mass is 10.0. The van der Waals surface area contributed by atoms with Crippen molar-refractivity contribution in [1.82, 2.24) is 0 Å². The summed E-state index contributed by atoms with van der Waals surface area (Å²) in [4.78, 5) is 0. The van der Waals surface area contributed by atoms with Gasteiger partial charge in [-0.2, -0.15) is 0 Å². The van der Waals surface area contributed by atoms with Crippen molar-refractivity contribution in [1.29, 1.82) is 0 Å². The van der Waals surface area contributed by atoms with E-state index in [-0.39, 0.29) is 18.8 Å². The Morgan fingerprint density at radius 2 is 1.82 bits per heavy atom. The van der Waals surface area contributed by atoms with E-state index in [4.69, 9.17) is 0 Å². The van der Waals surface area contributed by atoms with Crippen LogP contribution in [-0.4, -0.2) is 5.92 Å². The summed E-state index contributed by atoms with van der Waals surface area (Å²) in [6, 6.07) is 0. The second-order valence-corrected chi connectivity index (χ2v) is 3.56. The molecule has 68 valence electrons. The van der Waals surface area contributed by atoms with Crippen molar-refractivity contribution in [3.63, 3.8) is 0 Å². The van der Waals surface area contributed by atoms with Gasteiger partial charge in [0.1, 0.15) is 0 Å². The molecule has 0 saturated carbocycles. The van der Waals surface area contributed by atoms with Crippen molar-refractivity contribution in [2.24, 2.45) is 5.92 Å². The van der Waals surface area contributed by atoms with Crippen LogP contribution in [0, 0.1) is 5.92 Å². The first-order valence-corrected chi connectivity index (χ1v) is 4.36. The molecule has 0 aliphatic carbocycles. The number of alkyl halides is 2. The number of rotatable bonds is 5. The summed E-state index contributed by atoms with van der Waals surface area (Å²) in [6.07, 6.45) is 1.59. The molecule has 0 amide bonds. The minimum absolute atomic E-state index is 0.0347. The first-order valence-electron chi connectivity index (χ1n) is 4.36. The van der Waals surface area contributed by atoms with Gasteiger partial charge in [0.15, 0.2) is 0 Å². The quantitative estimate of drug-likeness (QED) is 0.578. The Bertz CT molecular complexity index is 97.7. The maximum Gasteiger partial charge on any atom is 0.248 e. The summed E-state index contributed by atoms with van der Waals surface area (Å²) in [5.74, 6) is -2.33. The van der Waals surface area contributed by atoms with E-state index in [0.29, 0.717) is 6.42 Å². The Hall–Kier alpha value is -0.140. The van der Waals surface area contributed by atoms with Gasteiger partial charge in [-0.15, -0.1) is 0 Å². The number of halogens is 2. The van der Waals surface area contributed by atoms with E-state index in [2.05, 4.69) is 0 Å². The van der Waals surface area contributed by atoms with Crippen LogP contribution in [0.2, 0.25) is 0 Å². The van der Waals surface area contributed by atoms with Gasteiger partial charge in [-0.05, 0) is 12.3 Å². The highest BCUT2D eigenvalue weighted by Gasteiger charge is 2.28. The zero-order valence-corrected chi connectivity index (χ0v) is 7.66. The Labute approximate surface area is 68.0 Å². The lowest BCUT2D eigenvalue weighted by Crippen LogP contribution is -2.18. The van der Waals surface area contributed by atoms with Crippen LogP contribution >= 0.6 is 0 Å². The number of unbranched alkanes of at least 4 members (excludes halogenated alkanes) is 1. The highest BCUT2D eigenvalue weighted by molar-refractivity contribution is 4.67. The maximum absolute atomic E-state index is 12.9. The molecule has 0 aliphatic heterocycles. The largest absolute Gasteiger partial charge is 0.248 e. The predicted octanol–water partition coefficient (Wildman–Crippen LogP) is 3.86. The molecule has 0 aromatic rings. The molecule has 0 rings (SSSR count). The van der Waals surface area contributed by atoms with Crippen LogP contribution < -0.4 is 0 Å². The predicted molar refractivity (Wildman–Crippen MR) is 43.9 cm³/mol. The van der Waals surface area contributed by atoms with Crippen molar-refractivity contribution in [3.05, 3.63) is 0 Å². The van der Waals surface area contributed by atoms with Crippen LogP contribution in [0.3, 0.4) is 0 Å². The van der Waals surface area contributed by atoms with Crippen molar-refractivity contribution in [2.45, 2.75) is 52.4 Å². The smallest absolute Gasteiger partial charge is 0.207 e. The highest BCUT2D eigenvalue weighted by Crippen LogP contribution is 2.28. The first-order chi connectivity index (χ1) is 4.98. The van der Waals surface area contributed by atoms with Crippen LogP contribution in [0.4, 0.5) is 8.78 Å². The van der Waals surface area contributed by atoms with Gasteiger partial charge in [0.2, 0.25) is 5.92 Å². The van der Waals surface area contributed by atoms with E-state index in [0.717, 1.165) is 6.42 Å². The van der Waals surface area contributed by atoms with E-state index in [1.165, 1.54) is 0 Å². The lowest BCUT2D eigenvalue weighted by Gasteiger charge is -2.17. The van der Waals surface area contributed by atoms with E-state index >= 15 is 0 Å². The molecule has 0 spiro atoms. The summed E-state index contributed by atoms with van der Waals surface area (Å²) in [5, 5.41) is 0. The van der Waals surface area contributed by atoms with Crippen molar-refractivity contribution < 1.29 is 8.78 Å². The van der Waals surface area contributed by atoms with E-state index < -0.39 is 5.92 Å². The third kappa shape index (κ3) is 6.27. The van der Waals surface area contributed by atoms with E-state index in [1.807, 2.05) is 20.8 Å². The Morgan fingerprint density at radius 3 is 2.18 bits per heavy atom. The number of hydrogen-bond donors (Lipinski definition) is 0. The fraction of sp³-hybridized carbons (Fsp3) is 1.00. The summed E-state index contributed by atoms with van der Waals surface area (Å²) < 4.78 is 25.7. The second kappa shape index (κ2) is 4.68. The van der Waals surface area contributed by atoms with Gasteiger partial charge in [-0.3, -0.25) is 0 Å². The van der Waals surface area contributed by atoms with Crippen LogP contribution in [0.15, 0.2) is 0 Å². The Kier molecular flexibility index (Phi) is 4.62. The van der Waals surface area contributed by atoms with Crippen LogP contribution in [0.1, 0.15) is 46.5 Å². The van der Waals surface area contributed by atoms with E-state index in [9.17, 15) is 8.78 Å². The molecular weight excluding hydrogens is 146 g/mol. The molecule has 0 radical (unpaired) electrons. The van der Waals surface area contributed by atoms with Crippen LogP contribution in [-0.2, 0) is 0 Å². The van der Waals surface area contributed by atoms with Gasteiger partial charge in [0.05, 0.1) is 0 Å². The van der Waals surface area contributed by atoms with Gasteiger partial charge in [0.25, 0.3) is 0 Å². The average molecular weight is 164 g/mol. The molecule has 0 nitrogen and oxygen atoms in total. The summed E-state index contributed by atoms with van der Waals surface area (Å²) in [5.41, 5.74) is 0. The first kappa shape index (κ1) is 10.9. The van der Waals surface area contributed by atoms with Crippen molar-refractivity contribution in [2.75, 3.05) is 0 Å². The van der Waals surface area contributed by atoms with Gasteiger partial charge in [-0.25, -0.2) is 8.78 Å². The minimum atomic E-state index is -2.43. The average Bonchev–Trinajstić information content (AvgIpc) is 1.81. The molecule has 0 atom stereocenters. The zero-order chi connectivity index (χ0) is 8.91. The van der Waals surface area contributed by atoms with Gasteiger partial charge < -0.3 is 0 Å². The fourth-order valence-electron chi connectivity index (χ4n) is 1.13. The SMILES string of the molecule is CCCCC(F)(F)CC(C)C. The van der Waals surface area contributed by atoms with Gasteiger partial charge >= 0.3 is 0 Å². The highest BCUT2D eigenvalue weighted by atomic mass is 19.3. The maximum atomic E-state index is 12.9. The van der Waals surface area contributed by atoms with Crippen molar-refractivity contribution >= 4 is 0 Å². The third-order valence-electron chi connectivity index (χ3n) is 1.60. The molecular formula is C9H18F2.